The first-order valence-corrected chi connectivity index (χ1v) is 7.14. The second-order valence-electron chi connectivity index (χ2n) is 5.08. The molecule has 5 nitrogen and oxygen atoms in total. The number of rotatable bonds is 5. The maximum absolute atomic E-state index is 12.6. The quantitative estimate of drug-likeness (QED) is 0.631. The van der Waals surface area contributed by atoms with Crippen molar-refractivity contribution in [2.45, 2.75) is 13.2 Å². The Morgan fingerprint density at radius 2 is 1.73 bits per heavy atom. The summed E-state index contributed by atoms with van der Waals surface area (Å²) >= 11 is 0. The Morgan fingerprint density at radius 3 is 2.42 bits per heavy atom. The van der Waals surface area contributed by atoms with Crippen LogP contribution in [0.5, 0.6) is 23.0 Å². The summed E-state index contributed by atoms with van der Waals surface area (Å²) in [4.78, 5) is 12.3. The lowest BCUT2D eigenvalue weighted by Gasteiger charge is -2.11. The molecule has 1 N–H and O–H groups in total. The van der Waals surface area contributed by atoms with Gasteiger partial charge in [0.2, 0.25) is 5.78 Å². The number of benzene rings is 2. The third-order valence-corrected chi connectivity index (χ3v) is 3.37. The van der Waals surface area contributed by atoms with Gasteiger partial charge in [-0.05, 0) is 30.3 Å². The molecule has 136 valence electrons. The Hall–Kier alpha value is -3.23. The predicted molar refractivity (Wildman–Crippen MR) is 80.7 cm³/mol. The average molecular weight is 370 g/mol. The highest BCUT2D eigenvalue weighted by molar-refractivity contribution is 6.14. The number of halogens is 4. The zero-order valence-electron chi connectivity index (χ0n) is 12.8. The molecule has 0 aromatic heterocycles. The van der Waals surface area contributed by atoms with Crippen molar-refractivity contribution in [3.05, 3.63) is 53.3 Å². The summed E-state index contributed by atoms with van der Waals surface area (Å²) < 4.78 is 63.5. The fourth-order valence-electron chi connectivity index (χ4n) is 2.32. The third kappa shape index (κ3) is 3.71. The standard InChI is InChI=1S/C17H10F4O5/c18-16(19)24-10-3-1-8(12(7-10)26-17(20)21)5-14-15(23)11-4-2-9(22)6-13(11)25-14/h1-7,16-17,22H/b14-5+. The average Bonchev–Trinajstić information content (AvgIpc) is 2.84. The molecule has 0 saturated heterocycles. The zero-order chi connectivity index (χ0) is 18.8. The number of carbonyl (C=O) groups excluding carboxylic acids is 1. The van der Waals surface area contributed by atoms with Crippen LogP contribution >= 0.6 is 0 Å². The van der Waals surface area contributed by atoms with Gasteiger partial charge in [0, 0.05) is 17.7 Å². The van der Waals surface area contributed by atoms with E-state index in [4.69, 9.17) is 4.74 Å². The topological polar surface area (TPSA) is 65.0 Å². The van der Waals surface area contributed by atoms with E-state index < -0.39 is 24.8 Å². The summed E-state index contributed by atoms with van der Waals surface area (Å²) in [5.74, 6) is -1.60. The number of ether oxygens (including phenoxy) is 3. The summed E-state index contributed by atoms with van der Waals surface area (Å²) in [6.07, 6.45) is 1.13. The molecule has 0 amide bonds. The highest BCUT2D eigenvalue weighted by atomic mass is 19.3. The van der Waals surface area contributed by atoms with E-state index in [2.05, 4.69) is 9.47 Å². The van der Waals surface area contributed by atoms with Crippen molar-refractivity contribution in [1.29, 1.82) is 0 Å². The van der Waals surface area contributed by atoms with E-state index in [1.54, 1.807) is 0 Å². The number of Topliss-reactive ketones (excluding diaryl/α,β-unsaturated/α-hetero) is 1. The van der Waals surface area contributed by atoms with Crippen LogP contribution < -0.4 is 14.2 Å². The van der Waals surface area contributed by atoms with Gasteiger partial charge in [0.25, 0.3) is 0 Å². The van der Waals surface area contributed by atoms with Gasteiger partial charge in [-0.25, -0.2) is 0 Å². The van der Waals surface area contributed by atoms with Crippen LogP contribution in [-0.2, 0) is 0 Å². The van der Waals surface area contributed by atoms with Crippen LogP contribution in [0.4, 0.5) is 17.6 Å². The molecule has 1 aliphatic rings. The van der Waals surface area contributed by atoms with Crippen molar-refractivity contribution >= 4 is 11.9 Å². The van der Waals surface area contributed by atoms with Gasteiger partial charge >= 0.3 is 13.2 Å². The van der Waals surface area contributed by atoms with Crippen LogP contribution in [0.3, 0.4) is 0 Å². The molecule has 2 aromatic rings. The molecular weight excluding hydrogens is 360 g/mol. The monoisotopic (exact) mass is 370 g/mol. The lowest BCUT2D eigenvalue weighted by atomic mass is 10.1. The second-order valence-corrected chi connectivity index (χ2v) is 5.08. The van der Waals surface area contributed by atoms with Gasteiger partial charge < -0.3 is 19.3 Å². The Morgan fingerprint density at radius 1 is 1.00 bits per heavy atom. The van der Waals surface area contributed by atoms with E-state index in [1.807, 2.05) is 0 Å². The molecule has 9 heteroatoms. The Balaban J connectivity index is 1.96. The molecule has 1 aliphatic heterocycles. The summed E-state index contributed by atoms with van der Waals surface area (Å²) in [5.41, 5.74) is 0.176. The number of phenolic OH excluding ortho intramolecular Hbond substituents is 1. The lowest BCUT2D eigenvalue weighted by Crippen LogP contribution is -2.06. The minimum atomic E-state index is -3.22. The van der Waals surface area contributed by atoms with Gasteiger partial charge in [0.1, 0.15) is 23.0 Å². The number of fused-ring (bicyclic) bond motifs is 1. The number of alkyl halides is 4. The number of allylic oxidation sites excluding steroid dienone is 1. The van der Waals surface area contributed by atoms with Crippen LogP contribution in [-0.4, -0.2) is 24.1 Å². The van der Waals surface area contributed by atoms with Gasteiger partial charge in [0.05, 0.1) is 5.56 Å². The molecule has 0 aliphatic carbocycles. The van der Waals surface area contributed by atoms with E-state index >= 15 is 0 Å². The van der Waals surface area contributed by atoms with Crippen LogP contribution in [0.15, 0.2) is 42.2 Å². The molecule has 0 spiro atoms. The number of aromatic hydroxyl groups is 1. The van der Waals surface area contributed by atoms with E-state index in [1.165, 1.54) is 24.3 Å². The molecule has 0 unspecified atom stereocenters. The summed E-state index contributed by atoms with van der Waals surface area (Å²) in [6.45, 7) is -6.36. The number of carbonyl (C=O) groups is 1. The normalized spacial score (nSPS) is 14.7. The Labute approximate surface area is 144 Å². The fourth-order valence-corrected chi connectivity index (χ4v) is 2.32. The van der Waals surface area contributed by atoms with Gasteiger partial charge in [-0.3, -0.25) is 4.79 Å². The molecule has 0 radical (unpaired) electrons. The molecule has 0 fully saturated rings. The minimum absolute atomic E-state index is 0.00713. The van der Waals surface area contributed by atoms with Gasteiger partial charge in [-0.2, -0.15) is 17.6 Å². The molecule has 3 rings (SSSR count). The highest BCUT2D eigenvalue weighted by Gasteiger charge is 2.28. The lowest BCUT2D eigenvalue weighted by molar-refractivity contribution is -0.0543. The maximum atomic E-state index is 12.6. The number of hydrogen-bond donors (Lipinski definition) is 1. The first-order chi connectivity index (χ1) is 12.3. The van der Waals surface area contributed by atoms with Crippen molar-refractivity contribution in [2.75, 3.05) is 0 Å². The first-order valence-electron chi connectivity index (χ1n) is 7.14. The largest absolute Gasteiger partial charge is 0.508 e. The molecule has 2 aromatic carbocycles. The van der Waals surface area contributed by atoms with Gasteiger partial charge in [-0.15, -0.1) is 0 Å². The molecule has 0 atom stereocenters. The van der Waals surface area contributed by atoms with Crippen molar-refractivity contribution < 1.29 is 41.7 Å². The highest BCUT2D eigenvalue weighted by Crippen LogP contribution is 2.36. The van der Waals surface area contributed by atoms with Crippen LogP contribution in [0, 0.1) is 0 Å². The van der Waals surface area contributed by atoms with Crippen molar-refractivity contribution in [2.24, 2.45) is 0 Å². The van der Waals surface area contributed by atoms with Crippen LogP contribution in [0.25, 0.3) is 6.08 Å². The van der Waals surface area contributed by atoms with Crippen molar-refractivity contribution in [3.63, 3.8) is 0 Å². The second kappa shape index (κ2) is 6.95. The van der Waals surface area contributed by atoms with E-state index in [9.17, 15) is 27.5 Å². The van der Waals surface area contributed by atoms with Gasteiger partial charge in [-0.1, -0.05) is 0 Å². The smallest absolute Gasteiger partial charge is 0.387 e. The summed E-state index contributed by atoms with van der Waals surface area (Å²) in [6, 6.07) is 7.00. The van der Waals surface area contributed by atoms with Crippen LogP contribution in [0.2, 0.25) is 0 Å². The SMILES string of the molecule is O=C1/C(=C\c2ccc(OC(F)F)cc2OC(F)F)Oc2cc(O)ccc21. The maximum Gasteiger partial charge on any atom is 0.387 e. The van der Waals surface area contributed by atoms with Crippen LogP contribution in [0.1, 0.15) is 15.9 Å². The Bertz CT molecular complexity index is 879. The molecule has 0 saturated carbocycles. The molecule has 0 bridgehead atoms. The number of ketones is 1. The van der Waals surface area contributed by atoms with Crippen molar-refractivity contribution in [1.82, 2.24) is 0 Å². The number of phenols is 1. The summed E-state index contributed by atoms with van der Waals surface area (Å²) in [7, 11) is 0. The van der Waals surface area contributed by atoms with E-state index in [0.29, 0.717) is 0 Å². The molecule has 26 heavy (non-hydrogen) atoms. The summed E-state index contributed by atoms with van der Waals surface area (Å²) in [5, 5.41) is 9.42. The molecular formula is C17H10F4O5. The first kappa shape index (κ1) is 17.6. The fraction of sp³-hybridized carbons (Fsp3) is 0.118. The minimum Gasteiger partial charge on any atom is -0.508 e. The molecule has 1 heterocycles. The zero-order valence-corrected chi connectivity index (χ0v) is 12.8. The number of hydrogen-bond acceptors (Lipinski definition) is 5. The third-order valence-electron chi connectivity index (χ3n) is 3.37. The van der Waals surface area contributed by atoms with E-state index in [-0.39, 0.29) is 34.1 Å². The predicted octanol–water partition coefficient (Wildman–Crippen LogP) is 4.21. The van der Waals surface area contributed by atoms with Gasteiger partial charge in [0.15, 0.2) is 5.76 Å². The van der Waals surface area contributed by atoms with E-state index in [0.717, 1.165) is 18.2 Å². The van der Waals surface area contributed by atoms with Crippen molar-refractivity contribution in [3.8, 4) is 23.0 Å². The Kier molecular flexibility index (Phi) is 4.70.